The Morgan fingerprint density at radius 3 is 2.78 bits per heavy atom. The van der Waals surface area contributed by atoms with Gasteiger partial charge in [0.1, 0.15) is 6.10 Å². The van der Waals surface area contributed by atoms with Crippen molar-refractivity contribution in [2.75, 3.05) is 13.2 Å². The van der Waals surface area contributed by atoms with Crippen LogP contribution in [-0.2, 0) is 14.3 Å². The second-order valence-corrected chi connectivity index (χ2v) is 4.60. The Labute approximate surface area is 107 Å². The molecule has 0 aromatic rings. The molecule has 3 unspecified atom stereocenters. The van der Waals surface area contributed by atoms with E-state index in [0.29, 0.717) is 26.0 Å². The van der Waals surface area contributed by atoms with Crippen molar-refractivity contribution in [2.45, 2.75) is 38.8 Å². The van der Waals surface area contributed by atoms with E-state index in [0.717, 1.165) is 0 Å². The van der Waals surface area contributed by atoms with Crippen molar-refractivity contribution in [3.63, 3.8) is 0 Å². The van der Waals surface area contributed by atoms with Crippen LogP contribution in [-0.4, -0.2) is 47.2 Å². The highest BCUT2D eigenvalue weighted by atomic mass is 16.5. The van der Waals surface area contributed by atoms with E-state index in [2.05, 4.69) is 6.58 Å². The van der Waals surface area contributed by atoms with Crippen molar-refractivity contribution in [1.29, 1.82) is 0 Å². The SMILES string of the molecule is C=CCCOC(C)C(=O)N1CCC(C(=O)O)C1C. The highest BCUT2D eigenvalue weighted by Crippen LogP contribution is 2.25. The topological polar surface area (TPSA) is 66.8 Å². The van der Waals surface area contributed by atoms with Gasteiger partial charge in [-0.1, -0.05) is 6.08 Å². The fourth-order valence-electron chi connectivity index (χ4n) is 2.21. The number of hydrogen-bond acceptors (Lipinski definition) is 3. The molecule has 1 saturated heterocycles. The molecular weight excluding hydrogens is 234 g/mol. The van der Waals surface area contributed by atoms with E-state index >= 15 is 0 Å². The molecule has 1 amide bonds. The average Bonchev–Trinajstić information content (AvgIpc) is 2.70. The summed E-state index contributed by atoms with van der Waals surface area (Å²) in [6.07, 6.45) is 2.42. The van der Waals surface area contributed by atoms with E-state index in [-0.39, 0.29) is 11.9 Å². The Bertz CT molecular complexity index is 329. The number of amides is 1. The lowest BCUT2D eigenvalue weighted by molar-refractivity contribution is -0.146. The zero-order valence-corrected chi connectivity index (χ0v) is 11.0. The number of aliphatic carboxylic acids is 1. The number of nitrogens with zero attached hydrogens (tertiary/aromatic N) is 1. The van der Waals surface area contributed by atoms with Gasteiger partial charge < -0.3 is 14.7 Å². The predicted octanol–water partition coefficient (Wildman–Crippen LogP) is 1.29. The lowest BCUT2D eigenvalue weighted by atomic mass is 10.0. The van der Waals surface area contributed by atoms with E-state index in [4.69, 9.17) is 9.84 Å². The predicted molar refractivity (Wildman–Crippen MR) is 67.1 cm³/mol. The molecule has 102 valence electrons. The normalized spacial score (nSPS) is 24.9. The summed E-state index contributed by atoms with van der Waals surface area (Å²) in [6.45, 7) is 8.01. The Kier molecular flexibility index (Phi) is 5.34. The molecule has 1 aliphatic heterocycles. The Morgan fingerprint density at radius 2 is 2.28 bits per heavy atom. The van der Waals surface area contributed by atoms with Crippen LogP contribution >= 0.6 is 0 Å². The molecule has 3 atom stereocenters. The summed E-state index contributed by atoms with van der Waals surface area (Å²) < 4.78 is 5.39. The highest BCUT2D eigenvalue weighted by molar-refractivity contribution is 5.82. The van der Waals surface area contributed by atoms with E-state index in [1.165, 1.54) is 0 Å². The maximum atomic E-state index is 12.1. The summed E-state index contributed by atoms with van der Waals surface area (Å²) in [5.41, 5.74) is 0. The zero-order valence-electron chi connectivity index (χ0n) is 11.0. The number of likely N-dealkylation sites (tertiary alicyclic amines) is 1. The van der Waals surface area contributed by atoms with Crippen LogP contribution in [0.4, 0.5) is 0 Å². The number of ether oxygens (including phenoxy) is 1. The molecule has 1 fully saturated rings. The second kappa shape index (κ2) is 6.54. The van der Waals surface area contributed by atoms with Gasteiger partial charge in [-0.25, -0.2) is 0 Å². The second-order valence-electron chi connectivity index (χ2n) is 4.60. The van der Waals surface area contributed by atoms with Crippen LogP contribution in [0.15, 0.2) is 12.7 Å². The van der Waals surface area contributed by atoms with Crippen LogP contribution in [0.1, 0.15) is 26.7 Å². The van der Waals surface area contributed by atoms with Crippen molar-refractivity contribution >= 4 is 11.9 Å². The number of carbonyl (C=O) groups excluding carboxylic acids is 1. The molecule has 0 aliphatic carbocycles. The van der Waals surface area contributed by atoms with E-state index in [1.54, 1.807) is 24.8 Å². The molecule has 0 aromatic carbocycles. The summed E-state index contributed by atoms with van der Waals surface area (Å²) in [5.74, 6) is -1.43. The molecule has 0 aromatic heterocycles. The minimum atomic E-state index is -0.835. The van der Waals surface area contributed by atoms with E-state index in [1.807, 2.05) is 0 Å². The van der Waals surface area contributed by atoms with Gasteiger partial charge >= 0.3 is 5.97 Å². The maximum absolute atomic E-state index is 12.1. The third-order valence-corrected chi connectivity index (χ3v) is 3.39. The van der Waals surface area contributed by atoms with Gasteiger partial charge in [-0.2, -0.15) is 0 Å². The third kappa shape index (κ3) is 3.32. The van der Waals surface area contributed by atoms with Gasteiger partial charge in [0.2, 0.25) is 0 Å². The van der Waals surface area contributed by atoms with Gasteiger partial charge in [-0.05, 0) is 26.7 Å². The van der Waals surface area contributed by atoms with Gasteiger partial charge in [-0.15, -0.1) is 6.58 Å². The number of carboxylic acids is 1. The quantitative estimate of drug-likeness (QED) is 0.573. The minimum absolute atomic E-state index is 0.129. The molecule has 1 aliphatic rings. The smallest absolute Gasteiger partial charge is 0.308 e. The summed E-state index contributed by atoms with van der Waals surface area (Å²) in [6, 6.07) is -0.263. The Morgan fingerprint density at radius 1 is 1.61 bits per heavy atom. The van der Waals surface area contributed by atoms with Crippen molar-refractivity contribution in [3.05, 3.63) is 12.7 Å². The van der Waals surface area contributed by atoms with Crippen molar-refractivity contribution in [3.8, 4) is 0 Å². The van der Waals surface area contributed by atoms with Crippen LogP contribution in [0.5, 0.6) is 0 Å². The first-order valence-corrected chi connectivity index (χ1v) is 6.24. The molecule has 5 nitrogen and oxygen atoms in total. The lowest BCUT2D eigenvalue weighted by Gasteiger charge is -2.26. The highest BCUT2D eigenvalue weighted by Gasteiger charge is 2.39. The van der Waals surface area contributed by atoms with Crippen LogP contribution in [0.3, 0.4) is 0 Å². The number of hydrogen-bond donors (Lipinski definition) is 1. The molecule has 5 heteroatoms. The molecule has 0 spiro atoms. The molecule has 1 N–H and O–H groups in total. The van der Waals surface area contributed by atoms with Crippen molar-refractivity contribution in [1.82, 2.24) is 4.90 Å². The monoisotopic (exact) mass is 255 g/mol. The lowest BCUT2D eigenvalue weighted by Crippen LogP contribution is -2.43. The average molecular weight is 255 g/mol. The first kappa shape index (κ1) is 14.7. The third-order valence-electron chi connectivity index (χ3n) is 3.39. The van der Waals surface area contributed by atoms with Crippen molar-refractivity contribution < 1.29 is 19.4 Å². The Hall–Kier alpha value is -1.36. The first-order chi connectivity index (χ1) is 8.49. The number of carbonyl (C=O) groups is 2. The largest absolute Gasteiger partial charge is 0.481 e. The van der Waals surface area contributed by atoms with Gasteiger partial charge in [0.15, 0.2) is 0 Å². The summed E-state index contributed by atoms with van der Waals surface area (Å²) in [7, 11) is 0. The molecule has 18 heavy (non-hydrogen) atoms. The molecule has 1 rings (SSSR count). The fraction of sp³-hybridized carbons (Fsp3) is 0.692. The molecule has 0 saturated carbocycles. The van der Waals surface area contributed by atoms with E-state index < -0.39 is 18.0 Å². The van der Waals surface area contributed by atoms with Crippen LogP contribution in [0.2, 0.25) is 0 Å². The van der Waals surface area contributed by atoms with Crippen LogP contribution < -0.4 is 0 Å². The molecule has 0 radical (unpaired) electrons. The maximum Gasteiger partial charge on any atom is 0.308 e. The van der Waals surface area contributed by atoms with Crippen molar-refractivity contribution in [2.24, 2.45) is 5.92 Å². The summed E-state index contributed by atoms with van der Waals surface area (Å²) in [4.78, 5) is 24.7. The fourth-order valence-corrected chi connectivity index (χ4v) is 2.21. The number of carboxylic acid groups (broad SMARTS) is 1. The van der Waals surface area contributed by atoms with Gasteiger partial charge in [-0.3, -0.25) is 9.59 Å². The van der Waals surface area contributed by atoms with Crippen LogP contribution in [0.25, 0.3) is 0 Å². The summed E-state index contributed by atoms with van der Waals surface area (Å²) in [5, 5.41) is 9.01. The van der Waals surface area contributed by atoms with Gasteiger partial charge in [0, 0.05) is 12.6 Å². The standard InChI is InChI=1S/C13H21NO4/c1-4-5-8-18-10(3)12(15)14-7-6-11(9(14)2)13(16)17/h4,9-11H,1,5-8H2,2-3H3,(H,16,17). The van der Waals surface area contributed by atoms with Gasteiger partial charge in [0.05, 0.1) is 12.5 Å². The van der Waals surface area contributed by atoms with Crippen LogP contribution in [0, 0.1) is 5.92 Å². The number of rotatable bonds is 6. The zero-order chi connectivity index (χ0) is 13.7. The van der Waals surface area contributed by atoms with E-state index in [9.17, 15) is 9.59 Å². The minimum Gasteiger partial charge on any atom is -0.481 e. The molecular formula is C13H21NO4. The molecule has 1 heterocycles. The van der Waals surface area contributed by atoms with Gasteiger partial charge in [0.25, 0.3) is 5.91 Å². The Balaban J connectivity index is 2.52. The summed E-state index contributed by atoms with van der Waals surface area (Å²) >= 11 is 0. The molecule has 0 bridgehead atoms. The first-order valence-electron chi connectivity index (χ1n) is 6.24.